The van der Waals surface area contributed by atoms with Crippen molar-refractivity contribution in [3.8, 4) is 0 Å². The third-order valence-corrected chi connectivity index (χ3v) is 6.80. The number of halogens is 1. The molecule has 0 radical (unpaired) electrons. The smallest absolute Gasteiger partial charge is 0.253 e. The molecule has 0 saturated carbocycles. The monoisotopic (exact) mass is 483 g/mol. The van der Waals surface area contributed by atoms with Crippen LogP contribution in [-0.2, 0) is 20.6 Å². The highest BCUT2D eigenvalue weighted by molar-refractivity contribution is 7.98. The van der Waals surface area contributed by atoms with E-state index in [9.17, 15) is 18.0 Å². The second kappa shape index (κ2) is 11.4. The van der Waals surface area contributed by atoms with Gasteiger partial charge in [-0.1, -0.05) is 29.8 Å². The fourth-order valence-corrected chi connectivity index (χ4v) is 4.68. The summed E-state index contributed by atoms with van der Waals surface area (Å²) in [6, 6.07) is 13.7. The maximum Gasteiger partial charge on any atom is 0.253 e. The number of carbonyl (C=O) groups excluding carboxylic acids is 2. The fraction of sp³-hybridized carbons (Fsp3) is 0.333. The number of anilines is 1. The maximum absolute atomic E-state index is 12.3. The normalized spacial score (nSPS) is 11.1. The molecule has 2 aromatic carbocycles. The largest absolute Gasteiger partial charge is 0.354 e. The summed E-state index contributed by atoms with van der Waals surface area (Å²) in [7, 11) is -0.411. The van der Waals surface area contributed by atoms with Crippen LogP contribution in [-0.4, -0.2) is 64.3 Å². The summed E-state index contributed by atoms with van der Waals surface area (Å²) in [5.74, 6) is 0.793. The van der Waals surface area contributed by atoms with Crippen LogP contribution in [0, 0.1) is 0 Å². The van der Waals surface area contributed by atoms with Gasteiger partial charge in [0.25, 0.3) is 5.91 Å². The van der Waals surface area contributed by atoms with E-state index in [4.69, 9.17) is 11.6 Å². The van der Waals surface area contributed by atoms with Crippen molar-refractivity contribution in [1.82, 2.24) is 10.2 Å². The zero-order valence-corrected chi connectivity index (χ0v) is 20.1. The second-order valence-electron chi connectivity index (χ2n) is 7.01. The number of amides is 2. The van der Waals surface area contributed by atoms with Gasteiger partial charge in [0.15, 0.2) is 0 Å². The number of rotatable bonds is 10. The van der Waals surface area contributed by atoms with Gasteiger partial charge in [-0.3, -0.25) is 13.9 Å². The van der Waals surface area contributed by atoms with Gasteiger partial charge in [-0.25, -0.2) is 8.42 Å². The van der Waals surface area contributed by atoms with Gasteiger partial charge in [0.1, 0.15) is 6.54 Å². The lowest BCUT2D eigenvalue weighted by atomic mass is 10.2. The summed E-state index contributed by atoms with van der Waals surface area (Å²) >= 11 is 7.74. The van der Waals surface area contributed by atoms with Gasteiger partial charge in [-0.15, -0.1) is 0 Å². The minimum absolute atomic E-state index is 0.190. The predicted molar refractivity (Wildman–Crippen MR) is 127 cm³/mol. The van der Waals surface area contributed by atoms with E-state index in [1.807, 2.05) is 24.3 Å². The average molecular weight is 484 g/mol. The second-order valence-corrected chi connectivity index (χ2v) is 10.4. The number of nitrogens with zero attached hydrogens (tertiary/aromatic N) is 2. The molecule has 0 heterocycles. The van der Waals surface area contributed by atoms with Crippen molar-refractivity contribution in [1.29, 1.82) is 0 Å². The topological polar surface area (TPSA) is 86.8 Å². The first-order chi connectivity index (χ1) is 14.6. The van der Waals surface area contributed by atoms with E-state index >= 15 is 0 Å². The molecule has 0 aliphatic carbocycles. The number of hydrogen-bond donors (Lipinski definition) is 1. The number of hydrogen-bond acceptors (Lipinski definition) is 5. The van der Waals surface area contributed by atoms with E-state index in [2.05, 4.69) is 5.32 Å². The zero-order valence-electron chi connectivity index (χ0n) is 17.7. The van der Waals surface area contributed by atoms with Gasteiger partial charge in [-0.2, -0.15) is 11.8 Å². The molecule has 0 saturated heterocycles. The van der Waals surface area contributed by atoms with Crippen molar-refractivity contribution in [2.24, 2.45) is 0 Å². The summed E-state index contributed by atoms with van der Waals surface area (Å²) in [4.78, 5) is 25.7. The molecular formula is C21H26ClN3O4S2. The van der Waals surface area contributed by atoms with Gasteiger partial charge < -0.3 is 10.2 Å². The molecule has 0 aromatic heterocycles. The molecule has 0 atom stereocenters. The van der Waals surface area contributed by atoms with Crippen LogP contribution in [0.4, 0.5) is 5.69 Å². The van der Waals surface area contributed by atoms with Crippen LogP contribution < -0.4 is 9.62 Å². The molecule has 0 fully saturated rings. The molecule has 2 rings (SSSR count). The third-order valence-electron chi connectivity index (χ3n) is 4.28. The Bertz CT molecular complexity index is 1010. The summed E-state index contributed by atoms with van der Waals surface area (Å²) in [6.45, 7) is 0.0663. The average Bonchev–Trinajstić information content (AvgIpc) is 2.71. The maximum atomic E-state index is 12.3. The molecule has 1 N–H and O–H groups in total. The first-order valence-corrected chi connectivity index (χ1v) is 12.8. The first kappa shape index (κ1) is 25.0. The molecule has 0 unspecified atom stereocenters. The van der Waals surface area contributed by atoms with Gasteiger partial charge in [0, 0.05) is 42.7 Å². The predicted octanol–water partition coefficient (Wildman–Crippen LogP) is 2.86. The highest BCUT2D eigenvalue weighted by Crippen LogP contribution is 2.21. The van der Waals surface area contributed by atoms with Crippen LogP contribution in [0.1, 0.15) is 15.9 Å². The van der Waals surface area contributed by atoms with Crippen LogP contribution in [0.2, 0.25) is 5.02 Å². The van der Waals surface area contributed by atoms with Gasteiger partial charge in [-0.05, 0) is 35.9 Å². The van der Waals surface area contributed by atoms with Crippen molar-refractivity contribution in [3.63, 3.8) is 0 Å². The minimum atomic E-state index is -3.68. The highest BCUT2D eigenvalue weighted by atomic mass is 35.5. The van der Waals surface area contributed by atoms with Crippen LogP contribution in [0.3, 0.4) is 0 Å². The van der Waals surface area contributed by atoms with Crippen molar-refractivity contribution in [2.45, 2.75) is 5.75 Å². The van der Waals surface area contributed by atoms with Crippen molar-refractivity contribution in [3.05, 3.63) is 64.7 Å². The Kier molecular flexibility index (Phi) is 9.21. The number of nitrogens with one attached hydrogen (secondary N) is 1. The Labute approximate surface area is 192 Å². The van der Waals surface area contributed by atoms with E-state index in [0.29, 0.717) is 28.6 Å². The fourth-order valence-electron chi connectivity index (χ4n) is 2.68. The van der Waals surface area contributed by atoms with Crippen molar-refractivity contribution < 1.29 is 18.0 Å². The molecule has 0 aliphatic rings. The lowest BCUT2D eigenvalue weighted by Crippen LogP contribution is -2.41. The molecule has 10 heteroatoms. The quantitative estimate of drug-likeness (QED) is 0.525. The lowest BCUT2D eigenvalue weighted by Gasteiger charge is -2.22. The Balaban J connectivity index is 1.90. The Morgan fingerprint density at radius 1 is 1.06 bits per heavy atom. The molecule has 2 aromatic rings. The van der Waals surface area contributed by atoms with E-state index in [1.165, 1.54) is 17.0 Å². The van der Waals surface area contributed by atoms with Crippen LogP contribution in [0.15, 0.2) is 48.5 Å². The molecule has 2 amide bonds. The van der Waals surface area contributed by atoms with Gasteiger partial charge in [0.2, 0.25) is 15.9 Å². The van der Waals surface area contributed by atoms with E-state index in [-0.39, 0.29) is 12.5 Å². The lowest BCUT2D eigenvalue weighted by molar-refractivity contribution is -0.119. The number of carbonyl (C=O) groups is 2. The van der Waals surface area contributed by atoms with E-state index in [0.717, 1.165) is 21.9 Å². The van der Waals surface area contributed by atoms with Crippen LogP contribution in [0.25, 0.3) is 0 Å². The highest BCUT2D eigenvalue weighted by Gasteiger charge is 2.21. The van der Waals surface area contributed by atoms with E-state index in [1.54, 1.807) is 38.0 Å². The molecule has 168 valence electrons. The number of thioether (sulfide) groups is 1. The van der Waals surface area contributed by atoms with Crippen LogP contribution in [0.5, 0.6) is 0 Å². The Morgan fingerprint density at radius 2 is 1.71 bits per heavy atom. The number of sulfonamides is 1. The molecule has 0 bridgehead atoms. The minimum Gasteiger partial charge on any atom is -0.354 e. The van der Waals surface area contributed by atoms with E-state index < -0.39 is 15.9 Å². The SMILES string of the molecule is CN(C)C(=O)c1ccc(N(CC(=O)NCCSCc2ccccc2Cl)S(C)(=O)=O)cc1. The first-order valence-electron chi connectivity index (χ1n) is 9.47. The van der Waals surface area contributed by atoms with Gasteiger partial charge >= 0.3 is 0 Å². The number of benzene rings is 2. The Hall–Kier alpha value is -2.23. The zero-order chi connectivity index (χ0) is 23.0. The summed E-state index contributed by atoms with van der Waals surface area (Å²) in [6.07, 6.45) is 1.04. The molecule has 0 spiro atoms. The molecule has 31 heavy (non-hydrogen) atoms. The third kappa shape index (κ3) is 7.75. The van der Waals surface area contributed by atoms with Gasteiger partial charge in [0.05, 0.1) is 11.9 Å². The molecule has 0 aliphatic heterocycles. The summed E-state index contributed by atoms with van der Waals surface area (Å²) in [5.41, 5.74) is 1.78. The summed E-state index contributed by atoms with van der Waals surface area (Å²) < 4.78 is 25.4. The molecule has 7 nitrogen and oxygen atoms in total. The van der Waals surface area contributed by atoms with Crippen LogP contribution >= 0.6 is 23.4 Å². The summed E-state index contributed by atoms with van der Waals surface area (Å²) in [5, 5.41) is 3.45. The Morgan fingerprint density at radius 3 is 2.29 bits per heavy atom. The standard InChI is InChI=1S/C21H26ClN3O4S2/c1-24(2)21(27)16-8-10-18(11-9-16)25(31(3,28)29)14-20(26)23-12-13-30-15-17-6-4-5-7-19(17)22/h4-11H,12-15H2,1-3H3,(H,23,26). The van der Waals surface area contributed by atoms with Crippen molar-refractivity contribution >= 4 is 50.9 Å². The van der Waals surface area contributed by atoms with Crippen molar-refractivity contribution in [2.75, 3.05) is 43.5 Å². The molecular weight excluding hydrogens is 458 g/mol.